The Kier molecular flexibility index (Phi) is 4.79. The van der Waals surface area contributed by atoms with E-state index in [1.165, 1.54) is 18.2 Å². The van der Waals surface area contributed by atoms with Gasteiger partial charge in [-0.2, -0.15) is 0 Å². The Morgan fingerprint density at radius 3 is 2.39 bits per heavy atom. The van der Waals surface area contributed by atoms with Crippen LogP contribution in [0.1, 0.15) is 10.4 Å². The number of hydrogen-bond acceptors (Lipinski definition) is 3. The van der Waals surface area contributed by atoms with Gasteiger partial charge in [0.25, 0.3) is 5.91 Å². The van der Waals surface area contributed by atoms with Gasteiger partial charge in [0.05, 0.1) is 18.7 Å². The van der Waals surface area contributed by atoms with Gasteiger partial charge in [0.2, 0.25) is 11.8 Å². The first-order chi connectivity index (χ1) is 8.50. The topological polar surface area (TPSA) is 101 Å². The second-order valence-electron chi connectivity index (χ2n) is 3.41. The fraction of sp³-hybridized carbons (Fsp3) is 0.182. The number of nitrogens with one attached hydrogen (secondary N) is 2. The summed E-state index contributed by atoms with van der Waals surface area (Å²) in [6.45, 7) is -0.672. The van der Waals surface area contributed by atoms with Crippen molar-refractivity contribution in [3.63, 3.8) is 0 Å². The van der Waals surface area contributed by atoms with E-state index < -0.39 is 23.5 Å². The largest absolute Gasteiger partial charge is 0.368 e. The van der Waals surface area contributed by atoms with Crippen LogP contribution < -0.4 is 16.4 Å². The van der Waals surface area contributed by atoms with Crippen LogP contribution in [0, 0.1) is 5.82 Å². The lowest BCUT2D eigenvalue weighted by molar-refractivity contribution is -0.124. The summed E-state index contributed by atoms with van der Waals surface area (Å²) in [4.78, 5) is 33.0. The normalized spacial score (nSPS) is 9.61. The van der Waals surface area contributed by atoms with Crippen molar-refractivity contribution in [2.75, 3.05) is 13.1 Å². The lowest BCUT2D eigenvalue weighted by Gasteiger charge is -2.06. The highest BCUT2D eigenvalue weighted by atomic mass is 19.1. The monoisotopic (exact) mass is 253 g/mol. The maximum Gasteiger partial charge on any atom is 0.254 e. The molecular weight excluding hydrogens is 241 g/mol. The highest BCUT2D eigenvalue weighted by Crippen LogP contribution is 2.05. The molecule has 0 aliphatic rings. The molecule has 0 bridgehead atoms. The van der Waals surface area contributed by atoms with Gasteiger partial charge in [-0.3, -0.25) is 14.4 Å². The molecule has 1 aromatic carbocycles. The van der Waals surface area contributed by atoms with Crippen LogP contribution in [0.3, 0.4) is 0 Å². The second kappa shape index (κ2) is 6.33. The van der Waals surface area contributed by atoms with Gasteiger partial charge in [-0.1, -0.05) is 12.1 Å². The van der Waals surface area contributed by atoms with Crippen LogP contribution in [0.5, 0.6) is 0 Å². The van der Waals surface area contributed by atoms with Crippen LogP contribution in [0.25, 0.3) is 0 Å². The van der Waals surface area contributed by atoms with Crippen LogP contribution in [0.4, 0.5) is 4.39 Å². The molecule has 0 saturated carbocycles. The van der Waals surface area contributed by atoms with Crippen molar-refractivity contribution in [1.29, 1.82) is 0 Å². The van der Waals surface area contributed by atoms with E-state index in [9.17, 15) is 18.8 Å². The third-order valence-corrected chi connectivity index (χ3v) is 1.99. The number of rotatable bonds is 5. The van der Waals surface area contributed by atoms with E-state index in [4.69, 9.17) is 5.73 Å². The van der Waals surface area contributed by atoms with E-state index in [1.54, 1.807) is 0 Å². The number of carbonyl (C=O) groups excluding carboxylic acids is 3. The first-order valence-corrected chi connectivity index (χ1v) is 5.08. The highest BCUT2D eigenvalue weighted by molar-refractivity contribution is 5.97. The minimum absolute atomic E-state index is 0.153. The van der Waals surface area contributed by atoms with Crippen molar-refractivity contribution in [2.45, 2.75) is 0 Å². The van der Waals surface area contributed by atoms with Crippen LogP contribution in [-0.4, -0.2) is 30.8 Å². The summed E-state index contributed by atoms with van der Waals surface area (Å²) < 4.78 is 13.2. The number of primary amides is 1. The number of hydrogen-bond donors (Lipinski definition) is 3. The second-order valence-corrected chi connectivity index (χ2v) is 3.41. The van der Waals surface area contributed by atoms with Gasteiger partial charge in [0.1, 0.15) is 5.82 Å². The highest BCUT2D eigenvalue weighted by Gasteiger charge is 2.11. The minimum atomic E-state index is -0.706. The molecule has 6 nitrogen and oxygen atoms in total. The predicted octanol–water partition coefficient (Wildman–Crippen LogP) is -0.843. The Hall–Kier alpha value is -2.44. The Bertz CT molecular complexity index is 476. The SMILES string of the molecule is NC(=O)CNC(=O)CNC(=O)c1ccccc1F. The molecule has 0 aliphatic heterocycles. The Balaban J connectivity index is 2.45. The number of halogens is 1. The number of nitrogens with two attached hydrogens (primary N) is 1. The maximum atomic E-state index is 13.2. The summed E-state index contributed by atoms with van der Waals surface area (Å²) in [5, 5.41) is 4.40. The molecule has 0 aliphatic carbocycles. The van der Waals surface area contributed by atoms with Crippen LogP contribution in [-0.2, 0) is 9.59 Å². The third-order valence-electron chi connectivity index (χ3n) is 1.99. The molecular formula is C11H12FN3O3. The molecule has 1 rings (SSSR count). The Morgan fingerprint density at radius 2 is 1.78 bits per heavy atom. The first-order valence-electron chi connectivity index (χ1n) is 5.08. The molecule has 0 atom stereocenters. The Morgan fingerprint density at radius 1 is 1.11 bits per heavy atom. The zero-order valence-electron chi connectivity index (χ0n) is 9.40. The van der Waals surface area contributed by atoms with Crippen molar-refractivity contribution in [3.05, 3.63) is 35.6 Å². The van der Waals surface area contributed by atoms with E-state index in [0.717, 1.165) is 6.07 Å². The van der Waals surface area contributed by atoms with Crippen molar-refractivity contribution in [1.82, 2.24) is 10.6 Å². The average Bonchev–Trinajstić information content (AvgIpc) is 2.34. The summed E-state index contributed by atoms with van der Waals surface area (Å²) in [5.74, 6) is -2.66. The van der Waals surface area contributed by atoms with Gasteiger partial charge in [-0.25, -0.2) is 4.39 Å². The molecule has 0 fully saturated rings. The third kappa shape index (κ3) is 4.20. The maximum absolute atomic E-state index is 13.2. The molecule has 96 valence electrons. The van der Waals surface area contributed by atoms with E-state index in [1.807, 2.05) is 0 Å². The first kappa shape index (κ1) is 13.6. The van der Waals surface area contributed by atoms with Crippen molar-refractivity contribution < 1.29 is 18.8 Å². The minimum Gasteiger partial charge on any atom is -0.368 e. The van der Waals surface area contributed by atoms with Gasteiger partial charge in [0.15, 0.2) is 0 Å². The summed E-state index contributed by atoms with van der Waals surface area (Å²) in [6, 6.07) is 5.39. The predicted molar refractivity (Wildman–Crippen MR) is 60.9 cm³/mol. The van der Waals surface area contributed by atoms with Crippen molar-refractivity contribution in [3.8, 4) is 0 Å². The number of benzene rings is 1. The molecule has 0 heterocycles. The molecule has 18 heavy (non-hydrogen) atoms. The quantitative estimate of drug-likeness (QED) is 0.637. The number of carbonyl (C=O) groups is 3. The van der Waals surface area contributed by atoms with Crippen LogP contribution in [0.2, 0.25) is 0 Å². The fourth-order valence-electron chi connectivity index (χ4n) is 1.15. The van der Waals surface area contributed by atoms with Gasteiger partial charge in [-0.05, 0) is 12.1 Å². The summed E-state index contributed by atoms with van der Waals surface area (Å²) >= 11 is 0. The Labute approximate surface area is 102 Å². The molecule has 3 amide bonds. The molecule has 0 saturated heterocycles. The smallest absolute Gasteiger partial charge is 0.254 e. The summed E-state index contributed by atoms with van der Waals surface area (Å²) in [5.41, 5.74) is 4.66. The molecule has 0 radical (unpaired) electrons. The zero-order chi connectivity index (χ0) is 13.5. The van der Waals surface area contributed by atoms with Crippen LogP contribution >= 0.6 is 0 Å². The van der Waals surface area contributed by atoms with Gasteiger partial charge in [0, 0.05) is 0 Å². The zero-order valence-corrected chi connectivity index (χ0v) is 9.40. The van der Waals surface area contributed by atoms with Gasteiger partial charge < -0.3 is 16.4 Å². The standard InChI is InChI=1S/C11H12FN3O3/c12-8-4-2-1-3-7(8)11(18)15-6-10(17)14-5-9(13)16/h1-4H,5-6H2,(H2,13,16)(H,14,17)(H,15,18). The molecule has 0 spiro atoms. The average molecular weight is 253 g/mol. The van der Waals surface area contributed by atoms with E-state index >= 15 is 0 Å². The van der Waals surface area contributed by atoms with E-state index in [-0.39, 0.29) is 18.7 Å². The molecule has 0 aromatic heterocycles. The van der Waals surface area contributed by atoms with Crippen molar-refractivity contribution in [2.24, 2.45) is 5.73 Å². The summed E-state index contributed by atoms with van der Waals surface area (Å²) in [6.07, 6.45) is 0. The lowest BCUT2D eigenvalue weighted by atomic mass is 10.2. The molecule has 1 aromatic rings. The van der Waals surface area contributed by atoms with Crippen molar-refractivity contribution >= 4 is 17.7 Å². The van der Waals surface area contributed by atoms with Crippen LogP contribution in [0.15, 0.2) is 24.3 Å². The van der Waals surface area contributed by atoms with E-state index in [0.29, 0.717) is 0 Å². The van der Waals surface area contributed by atoms with Gasteiger partial charge >= 0.3 is 0 Å². The van der Waals surface area contributed by atoms with E-state index in [2.05, 4.69) is 10.6 Å². The molecule has 7 heteroatoms. The summed E-state index contributed by atoms with van der Waals surface area (Å²) in [7, 11) is 0. The lowest BCUT2D eigenvalue weighted by Crippen LogP contribution is -2.40. The number of amides is 3. The molecule has 4 N–H and O–H groups in total. The fourth-order valence-corrected chi connectivity index (χ4v) is 1.15. The van der Waals surface area contributed by atoms with Gasteiger partial charge in [-0.15, -0.1) is 0 Å². The molecule has 0 unspecified atom stereocenters.